The highest BCUT2D eigenvalue weighted by Gasteiger charge is 2.37. The minimum absolute atomic E-state index is 0.165. The summed E-state index contributed by atoms with van der Waals surface area (Å²) in [7, 11) is 5.72. The van der Waals surface area contributed by atoms with Gasteiger partial charge in [-0.2, -0.15) is 0 Å². The molecule has 8 aromatic carbocycles. The van der Waals surface area contributed by atoms with E-state index in [9.17, 15) is 38.4 Å². The molecule has 0 bridgehead atoms. The molecule has 6 unspecified atom stereocenters. The average Bonchev–Trinajstić information content (AvgIpc) is 0.851. The molecule has 4 fully saturated rings. The third kappa shape index (κ3) is 35.9. The lowest BCUT2D eigenvalue weighted by atomic mass is 9.83. The van der Waals surface area contributed by atoms with Crippen LogP contribution in [0.1, 0.15) is 213 Å². The molecule has 9 atom stereocenters. The molecular formula is C122H149N11O12. The van der Waals surface area contributed by atoms with E-state index >= 15 is 0 Å². The summed E-state index contributed by atoms with van der Waals surface area (Å²) in [5.41, 5.74) is 19.9. The number of ether oxygens (including phenoxy) is 4. The quantitative estimate of drug-likeness (QED) is 0.0138. The third-order valence-electron chi connectivity index (χ3n) is 29.2. The molecule has 3 aromatic heterocycles. The van der Waals surface area contributed by atoms with Gasteiger partial charge in [0.05, 0.1) is 57.9 Å². The third-order valence-corrected chi connectivity index (χ3v) is 29.2. The number of aryl methyl sites for hydroxylation is 3. The molecule has 3 saturated heterocycles. The summed E-state index contributed by atoms with van der Waals surface area (Å²) in [6.07, 6.45) is 35.8. The van der Waals surface area contributed by atoms with Gasteiger partial charge in [0, 0.05) is 96.7 Å². The molecule has 15 rings (SSSR count). The van der Waals surface area contributed by atoms with E-state index in [0.717, 1.165) is 173 Å². The SMILES string of the molecule is C=C(N)N1CCC(CC[C@@H](C(=O)OC)C(CCc2ccccc2)NC(=O)c2ccc(-c3cccnc3)cc2)CC1.COC(=O)C(CCC1CCCNC1)C(C)NC(=O)c1ccc(-c2ccccc2)cc1.COC(=O)[C@H](CCC1CCNCC1)C(CCc1ccccc1)NC(=O)c1ccc(-c2cccnc2)cc1.COC(=O)[C@H](CCCC1CCCCC1)C(CCc1ccccc1)NC(=O)c1ccc(-c2cccnc2)cc1. The number of carbonyl (C=O) groups is 8. The zero-order chi connectivity index (χ0) is 102. The monoisotopic (exact) mass is 1960 g/mol. The van der Waals surface area contributed by atoms with E-state index in [0.29, 0.717) is 84.4 Å². The van der Waals surface area contributed by atoms with Gasteiger partial charge in [-0.3, -0.25) is 53.3 Å². The Morgan fingerprint density at radius 3 is 1.01 bits per heavy atom. The number of hydrogen-bond donors (Lipinski definition) is 7. The molecule has 145 heavy (non-hydrogen) atoms. The first-order valence-electron chi connectivity index (χ1n) is 52.2. The predicted octanol–water partition coefficient (Wildman–Crippen LogP) is 21.3. The van der Waals surface area contributed by atoms with Crippen LogP contribution in [0.5, 0.6) is 0 Å². The fourth-order valence-corrected chi connectivity index (χ4v) is 20.5. The van der Waals surface area contributed by atoms with Gasteiger partial charge >= 0.3 is 23.9 Å². The summed E-state index contributed by atoms with van der Waals surface area (Å²) in [6.45, 7) is 11.6. The molecule has 4 amide bonds. The van der Waals surface area contributed by atoms with Gasteiger partial charge in [0.1, 0.15) is 0 Å². The molecule has 1 aliphatic carbocycles. The lowest BCUT2D eigenvalue weighted by Gasteiger charge is -2.34. The first-order chi connectivity index (χ1) is 70.8. The summed E-state index contributed by atoms with van der Waals surface area (Å²) in [5, 5.41) is 19.4. The number of esters is 4. The van der Waals surface area contributed by atoms with Crippen LogP contribution < -0.4 is 37.6 Å². The van der Waals surface area contributed by atoms with E-state index in [4.69, 9.17) is 24.7 Å². The fraction of sp³-hybridized carbons (Fsp3) is 0.402. The molecule has 8 N–H and O–H groups in total. The van der Waals surface area contributed by atoms with Gasteiger partial charge in [0.15, 0.2) is 0 Å². The number of likely N-dealkylation sites (tertiary alicyclic amines) is 1. The molecule has 23 nitrogen and oxygen atoms in total. The van der Waals surface area contributed by atoms with Crippen molar-refractivity contribution < 1.29 is 57.3 Å². The molecule has 0 spiro atoms. The predicted molar refractivity (Wildman–Crippen MR) is 575 cm³/mol. The Hall–Kier alpha value is -13.8. The van der Waals surface area contributed by atoms with Crippen molar-refractivity contribution in [3.8, 4) is 44.5 Å². The molecule has 4 aliphatic rings. The number of methoxy groups -OCH3 is 4. The van der Waals surface area contributed by atoms with Crippen LogP contribution in [0, 0.1) is 47.3 Å². The minimum Gasteiger partial charge on any atom is -0.469 e. The fourth-order valence-electron chi connectivity index (χ4n) is 20.5. The van der Waals surface area contributed by atoms with Gasteiger partial charge in [-0.1, -0.05) is 240 Å². The van der Waals surface area contributed by atoms with Crippen molar-refractivity contribution in [2.24, 2.45) is 53.1 Å². The number of benzene rings is 8. The van der Waals surface area contributed by atoms with Crippen molar-refractivity contribution in [2.75, 3.05) is 67.7 Å². The van der Waals surface area contributed by atoms with Crippen molar-refractivity contribution in [1.82, 2.24) is 51.8 Å². The van der Waals surface area contributed by atoms with Crippen LogP contribution in [0.4, 0.5) is 0 Å². The molecule has 764 valence electrons. The number of nitrogens with two attached hydrogens (primary N) is 1. The standard InChI is InChI=1S/C33H40N4O3.C33H40N2O3.C31H37N3O3.C25H32N2O3/c1-24(34)37-21-18-26(19-22-37)10-16-30(33(39)40-2)31(17-11-25-7-4-3-5-8-25)36-32(38)28-14-12-27(13-15-28)29-9-6-20-35-23-29;1-38-33(37)30(16-8-14-25-10-4-2-5-11-25)31(22-17-26-12-6-3-7-13-26)35-32(36)28-20-18-27(19-21-28)29-15-9-23-34-24-29;1-37-31(36)28(15-9-24-17-20-32-21-18-24)29(16-10-23-6-3-2-4-7-23)34-30(35)26-13-11-25(12-14-26)27-8-5-19-33-22-27;1-18(23(25(29)30-2)15-10-19-7-6-16-26-17-19)27-24(28)22-13-11-21(12-14-22)20-8-4-3-5-9-20/h3-9,12-15,20,23,26,30-31H,1,10-11,16-19,21-22,34H2,2H3,(H,36,38);3,6-7,9,12-13,15,18-21,23-25,30-31H,2,4-5,8,10-11,14,16-17,22H2,1H3,(H,35,36);2-8,11-14,19,22,24,28-29,32H,9-10,15-18,20-21H2,1H3,(H,34,35);3-5,8-9,11-14,18-19,23,26H,6-7,10,15-17H2,1-2H3,(H,27,28)/t2*30-,31?;28-,29?;/m111./s1. The number of nitrogens with one attached hydrogen (secondary N) is 6. The normalized spacial score (nSPS) is 16.0. The van der Waals surface area contributed by atoms with Crippen LogP contribution in [0.3, 0.4) is 0 Å². The van der Waals surface area contributed by atoms with Crippen molar-refractivity contribution in [3.63, 3.8) is 0 Å². The second-order valence-corrected chi connectivity index (χ2v) is 39.0. The molecule has 11 aromatic rings. The lowest BCUT2D eigenvalue weighted by Crippen LogP contribution is -2.44. The van der Waals surface area contributed by atoms with E-state index < -0.39 is 5.92 Å². The van der Waals surface area contributed by atoms with Crippen LogP contribution >= 0.6 is 0 Å². The molecule has 23 heteroatoms. The molecule has 3 aliphatic heterocycles. The van der Waals surface area contributed by atoms with Crippen LogP contribution in [0.15, 0.2) is 304 Å². The number of aromatic nitrogens is 3. The van der Waals surface area contributed by atoms with E-state index in [1.54, 1.807) is 31.0 Å². The van der Waals surface area contributed by atoms with Crippen LogP contribution in [0.25, 0.3) is 44.5 Å². The number of carbonyl (C=O) groups excluding carboxylic acids is 8. The first kappa shape index (κ1) is 110. The summed E-state index contributed by atoms with van der Waals surface area (Å²) < 4.78 is 20.7. The Kier molecular flexibility index (Phi) is 45.6. The Morgan fingerprint density at radius 2 is 0.655 bits per heavy atom. The van der Waals surface area contributed by atoms with E-state index in [1.807, 2.05) is 232 Å². The van der Waals surface area contributed by atoms with Gasteiger partial charge in [-0.05, 0) is 307 Å². The van der Waals surface area contributed by atoms with Crippen LogP contribution in [-0.2, 0) is 57.4 Å². The molecule has 1 saturated carbocycles. The highest BCUT2D eigenvalue weighted by atomic mass is 16.5. The Bertz CT molecular complexity index is 5700. The van der Waals surface area contributed by atoms with Crippen LogP contribution in [-0.4, -0.2) is 159 Å². The number of piperidine rings is 3. The summed E-state index contributed by atoms with van der Waals surface area (Å²) in [4.78, 5) is 119. The maximum absolute atomic E-state index is 13.4. The first-order valence-corrected chi connectivity index (χ1v) is 52.2. The molecular weight excluding hydrogens is 1810 g/mol. The number of hydrogen-bond acceptors (Lipinski definition) is 19. The smallest absolute Gasteiger partial charge is 0.310 e. The Labute approximate surface area is 858 Å². The summed E-state index contributed by atoms with van der Waals surface area (Å²) in [6, 6.07) is 81.1. The van der Waals surface area contributed by atoms with Gasteiger partial charge in [-0.25, -0.2) is 0 Å². The Balaban J connectivity index is 0.000000173. The van der Waals surface area contributed by atoms with Gasteiger partial charge < -0.3 is 61.5 Å². The van der Waals surface area contributed by atoms with Gasteiger partial charge in [0.25, 0.3) is 23.6 Å². The highest BCUT2D eigenvalue weighted by molar-refractivity contribution is 5.98. The van der Waals surface area contributed by atoms with Crippen molar-refractivity contribution in [1.29, 1.82) is 0 Å². The van der Waals surface area contributed by atoms with E-state index in [1.165, 1.54) is 90.1 Å². The zero-order valence-electron chi connectivity index (χ0n) is 85.2. The molecule has 6 heterocycles. The maximum atomic E-state index is 13.4. The second kappa shape index (κ2) is 60.1. The maximum Gasteiger partial charge on any atom is 0.310 e. The zero-order valence-corrected chi connectivity index (χ0v) is 85.2. The number of nitrogens with zero attached hydrogens (tertiary/aromatic N) is 4. The summed E-state index contributed by atoms with van der Waals surface area (Å²) >= 11 is 0. The second-order valence-electron chi connectivity index (χ2n) is 39.0. The minimum atomic E-state index is -0.435. The van der Waals surface area contributed by atoms with Crippen molar-refractivity contribution in [3.05, 3.63) is 343 Å². The summed E-state index contributed by atoms with van der Waals surface area (Å²) in [5.74, 6) is -0.217. The van der Waals surface area contributed by atoms with Crippen molar-refractivity contribution >= 4 is 47.5 Å². The highest BCUT2D eigenvalue weighted by Crippen LogP contribution is 2.35. The van der Waals surface area contributed by atoms with E-state index in [2.05, 4.69) is 94.7 Å². The largest absolute Gasteiger partial charge is 0.469 e. The number of rotatable bonds is 43. The average molecular weight is 1960 g/mol. The van der Waals surface area contributed by atoms with Gasteiger partial charge in [0.2, 0.25) is 0 Å². The van der Waals surface area contributed by atoms with E-state index in [-0.39, 0.29) is 89.4 Å². The topological polar surface area (TPSA) is 314 Å². The number of amides is 4. The lowest BCUT2D eigenvalue weighted by molar-refractivity contribution is -0.147. The van der Waals surface area contributed by atoms with Crippen LogP contribution in [0.2, 0.25) is 0 Å². The molecule has 0 radical (unpaired) electrons. The van der Waals surface area contributed by atoms with Crippen molar-refractivity contribution in [2.45, 2.75) is 198 Å². The Morgan fingerprint density at radius 1 is 0.338 bits per heavy atom. The number of pyridine rings is 3. The van der Waals surface area contributed by atoms with Gasteiger partial charge in [-0.15, -0.1) is 0 Å².